The molecule has 0 spiro atoms. The van der Waals surface area contributed by atoms with Crippen molar-refractivity contribution in [2.75, 3.05) is 0 Å². The lowest BCUT2D eigenvalue weighted by atomic mass is 9.98. The average molecular weight is 270 g/mol. The molecule has 1 aromatic carbocycles. The molecule has 0 aliphatic carbocycles. The zero-order valence-corrected chi connectivity index (χ0v) is 11.9. The molecule has 4 nitrogen and oxygen atoms in total. The lowest BCUT2D eigenvalue weighted by Gasteiger charge is -2.16. The van der Waals surface area contributed by atoms with Crippen LogP contribution in [0.4, 0.5) is 0 Å². The van der Waals surface area contributed by atoms with Crippen LogP contribution in [-0.2, 0) is 0 Å². The minimum Gasteiger partial charge on any atom is -0.357 e. The molecule has 1 aromatic heterocycles. The number of carbonyl (C=O) groups is 2. The number of aryl methyl sites for hydroxylation is 1. The first-order chi connectivity index (χ1) is 9.49. The van der Waals surface area contributed by atoms with Gasteiger partial charge in [0.15, 0.2) is 5.78 Å². The van der Waals surface area contributed by atoms with E-state index in [1.165, 1.54) is 0 Å². The maximum Gasteiger partial charge on any atom is 0.268 e. The zero-order valence-electron chi connectivity index (χ0n) is 11.9. The summed E-state index contributed by atoms with van der Waals surface area (Å²) in [6, 6.07) is 8.94. The Kier molecular flexibility index (Phi) is 4.03. The predicted molar refractivity (Wildman–Crippen MR) is 77.9 cm³/mol. The molecular formula is C16H18N2O2. The smallest absolute Gasteiger partial charge is 0.268 e. The monoisotopic (exact) mass is 270 g/mol. The van der Waals surface area contributed by atoms with Crippen molar-refractivity contribution in [3.05, 3.63) is 58.9 Å². The molecule has 1 unspecified atom stereocenters. The molecule has 0 bridgehead atoms. The van der Waals surface area contributed by atoms with Crippen LogP contribution >= 0.6 is 0 Å². The lowest BCUT2D eigenvalue weighted by Crippen LogP contribution is -2.27. The van der Waals surface area contributed by atoms with Gasteiger partial charge in [-0.1, -0.05) is 12.1 Å². The third-order valence-corrected chi connectivity index (χ3v) is 3.33. The number of amides is 1. The van der Waals surface area contributed by atoms with Gasteiger partial charge in [-0.15, -0.1) is 0 Å². The second kappa shape index (κ2) is 5.74. The number of hydrogen-bond donors (Lipinski definition) is 2. The summed E-state index contributed by atoms with van der Waals surface area (Å²) in [7, 11) is 0. The van der Waals surface area contributed by atoms with Crippen LogP contribution in [0.25, 0.3) is 0 Å². The van der Waals surface area contributed by atoms with E-state index in [9.17, 15) is 9.59 Å². The third kappa shape index (κ3) is 2.96. The quantitative estimate of drug-likeness (QED) is 0.839. The number of Topliss-reactive ketones (excluding diaryl/α,β-unsaturated/α-hetero) is 1. The Bertz CT molecular complexity index is 630. The molecule has 20 heavy (non-hydrogen) atoms. The summed E-state index contributed by atoms with van der Waals surface area (Å²) < 4.78 is 0. The van der Waals surface area contributed by atoms with Crippen LogP contribution in [0.1, 0.15) is 51.9 Å². The fourth-order valence-electron chi connectivity index (χ4n) is 2.20. The average Bonchev–Trinajstić information content (AvgIpc) is 2.92. The minimum atomic E-state index is -0.141. The van der Waals surface area contributed by atoms with Gasteiger partial charge in [-0.2, -0.15) is 0 Å². The summed E-state index contributed by atoms with van der Waals surface area (Å²) in [5, 5.41) is 2.93. The van der Waals surface area contributed by atoms with Crippen LogP contribution in [0.15, 0.2) is 36.5 Å². The molecule has 0 fully saturated rings. The van der Waals surface area contributed by atoms with E-state index in [2.05, 4.69) is 10.3 Å². The van der Waals surface area contributed by atoms with Gasteiger partial charge < -0.3 is 10.3 Å². The van der Waals surface area contributed by atoms with Gasteiger partial charge in [0, 0.05) is 11.8 Å². The van der Waals surface area contributed by atoms with Crippen LogP contribution in [0.2, 0.25) is 0 Å². The Morgan fingerprint density at radius 3 is 2.55 bits per heavy atom. The number of rotatable bonds is 4. The van der Waals surface area contributed by atoms with Crippen molar-refractivity contribution in [2.45, 2.75) is 26.8 Å². The van der Waals surface area contributed by atoms with Crippen LogP contribution in [0.5, 0.6) is 0 Å². The molecule has 0 aliphatic heterocycles. The summed E-state index contributed by atoms with van der Waals surface area (Å²) in [6.45, 7) is 5.42. The van der Waals surface area contributed by atoms with Gasteiger partial charge in [0.1, 0.15) is 5.69 Å². The van der Waals surface area contributed by atoms with E-state index in [4.69, 9.17) is 0 Å². The van der Waals surface area contributed by atoms with Crippen LogP contribution in [-0.4, -0.2) is 16.7 Å². The first kappa shape index (κ1) is 14.1. The highest BCUT2D eigenvalue weighted by Crippen LogP contribution is 2.19. The van der Waals surface area contributed by atoms with E-state index in [1.807, 2.05) is 26.0 Å². The highest BCUT2D eigenvalue weighted by Gasteiger charge is 2.14. The van der Waals surface area contributed by atoms with Crippen molar-refractivity contribution in [1.29, 1.82) is 0 Å². The zero-order chi connectivity index (χ0) is 14.7. The first-order valence-corrected chi connectivity index (χ1v) is 6.54. The number of aromatic nitrogens is 1. The molecule has 4 heteroatoms. The maximum atomic E-state index is 12.0. The second-order valence-corrected chi connectivity index (χ2v) is 4.91. The Hall–Kier alpha value is -2.36. The van der Waals surface area contributed by atoms with Crippen LogP contribution < -0.4 is 5.32 Å². The summed E-state index contributed by atoms with van der Waals surface area (Å²) >= 11 is 0. The number of ketones is 1. The number of carbonyl (C=O) groups excluding carboxylic acids is 2. The number of hydrogen-bond acceptors (Lipinski definition) is 2. The molecule has 1 atom stereocenters. The third-order valence-electron chi connectivity index (χ3n) is 3.33. The normalized spacial score (nSPS) is 11.9. The molecule has 0 saturated heterocycles. The van der Waals surface area contributed by atoms with Gasteiger partial charge in [0.2, 0.25) is 0 Å². The minimum absolute atomic E-state index is 0.0442. The number of nitrogens with one attached hydrogen (secondary N) is 2. The molecule has 2 rings (SSSR count). The van der Waals surface area contributed by atoms with Crippen molar-refractivity contribution < 1.29 is 9.59 Å². The van der Waals surface area contributed by atoms with Crippen molar-refractivity contribution in [1.82, 2.24) is 10.3 Å². The van der Waals surface area contributed by atoms with E-state index in [0.29, 0.717) is 11.3 Å². The first-order valence-electron chi connectivity index (χ1n) is 6.54. The van der Waals surface area contributed by atoms with E-state index < -0.39 is 0 Å². The highest BCUT2D eigenvalue weighted by molar-refractivity contribution is 5.94. The summed E-state index contributed by atoms with van der Waals surface area (Å²) in [5.41, 5.74) is 3.23. The lowest BCUT2D eigenvalue weighted by molar-refractivity contribution is 0.0934. The van der Waals surface area contributed by atoms with Crippen LogP contribution in [0.3, 0.4) is 0 Å². The van der Waals surface area contributed by atoms with E-state index in [1.54, 1.807) is 31.3 Å². The Morgan fingerprint density at radius 2 is 2.00 bits per heavy atom. The predicted octanol–water partition coefficient (Wildman–Crippen LogP) is 3.02. The molecule has 1 amide bonds. The SMILES string of the molecule is CC(=O)c1ccc(C(C)NC(=O)c2ccc[nH]2)c(C)c1. The highest BCUT2D eigenvalue weighted by atomic mass is 16.2. The molecule has 0 saturated carbocycles. The number of H-pyrrole nitrogens is 1. The Balaban J connectivity index is 2.15. The van der Waals surface area contributed by atoms with Gasteiger partial charge in [0.05, 0.1) is 6.04 Å². The fourth-order valence-corrected chi connectivity index (χ4v) is 2.20. The maximum absolute atomic E-state index is 12.0. The topological polar surface area (TPSA) is 62.0 Å². The molecule has 0 aliphatic rings. The summed E-state index contributed by atoms with van der Waals surface area (Å²) in [5.74, 6) is -0.0970. The summed E-state index contributed by atoms with van der Waals surface area (Å²) in [6.07, 6.45) is 1.71. The number of aromatic amines is 1. The molecule has 2 N–H and O–H groups in total. The molecule has 0 radical (unpaired) electrons. The van der Waals surface area contributed by atoms with Gasteiger partial charge in [-0.05, 0) is 50.1 Å². The van der Waals surface area contributed by atoms with Crippen molar-refractivity contribution in [3.63, 3.8) is 0 Å². The van der Waals surface area contributed by atoms with Gasteiger partial charge >= 0.3 is 0 Å². The molecule has 2 aromatic rings. The van der Waals surface area contributed by atoms with Crippen molar-refractivity contribution >= 4 is 11.7 Å². The largest absolute Gasteiger partial charge is 0.357 e. The van der Waals surface area contributed by atoms with E-state index >= 15 is 0 Å². The Morgan fingerprint density at radius 1 is 1.25 bits per heavy atom. The van der Waals surface area contributed by atoms with Crippen molar-refractivity contribution in [2.24, 2.45) is 0 Å². The molecular weight excluding hydrogens is 252 g/mol. The summed E-state index contributed by atoms with van der Waals surface area (Å²) in [4.78, 5) is 26.2. The fraction of sp³-hybridized carbons (Fsp3) is 0.250. The van der Waals surface area contributed by atoms with Gasteiger partial charge in [0.25, 0.3) is 5.91 Å². The van der Waals surface area contributed by atoms with Crippen molar-refractivity contribution in [3.8, 4) is 0 Å². The van der Waals surface area contributed by atoms with Gasteiger partial charge in [-0.25, -0.2) is 0 Å². The standard InChI is InChI=1S/C16H18N2O2/c1-10-9-13(12(3)19)6-7-14(10)11(2)18-16(20)15-5-4-8-17-15/h4-9,11,17H,1-3H3,(H,18,20). The number of benzene rings is 1. The van der Waals surface area contributed by atoms with E-state index in [-0.39, 0.29) is 17.7 Å². The van der Waals surface area contributed by atoms with Gasteiger partial charge in [-0.3, -0.25) is 9.59 Å². The second-order valence-electron chi connectivity index (χ2n) is 4.91. The molecule has 104 valence electrons. The van der Waals surface area contributed by atoms with E-state index in [0.717, 1.165) is 11.1 Å². The molecule has 1 heterocycles. The van der Waals surface area contributed by atoms with Crippen LogP contribution in [0, 0.1) is 6.92 Å². The Labute approximate surface area is 118 Å².